The minimum absolute atomic E-state index is 0.220. The van der Waals surface area contributed by atoms with Gasteiger partial charge in [0.05, 0.1) is 6.07 Å². The summed E-state index contributed by atoms with van der Waals surface area (Å²) in [6, 6.07) is 7.15. The third kappa shape index (κ3) is 2.88. The molecule has 2 nitrogen and oxygen atoms in total. The zero-order valence-corrected chi connectivity index (χ0v) is 10.8. The molecule has 0 amide bonds. The second-order valence-electron chi connectivity index (χ2n) is 4.99. The number of hydrogen-bond acceptors (Lipinski definition) is 2. The zero-order valence-electron chi connectivity index (χ0n) is 10.8. The second-order valence-corrected chi connectivity index (χ2v) is 4.99. The summed E-state index contributed by atoms with van der Waals surface area (Å²) in [5.74, 6) is -0.220. The van der Waals surface area contributed by atoms with Gasteiger partial charge < -0.3 is 0 Å². The van der Waals surface area contributed by atoms with Crippen LogP contribution in [0.5, 0.6) is 0 Å². The Morgan fingerprint density at radius 3 is 2.44 bits per heavy atom. The van der Waals surface area contributed by atoms with Gasteiger partial charge in [-0.1, -0.05) is 25.0 Å². The lowest BCUT2D eigenvalue weighted by Crippen LogP contribution is -2.29. The normalized spacial score (nSPS) is 18.9. The fourth-order valence-corrected chi connectivity index (χ4v) is 2.50. The molecule has 1 heterocycles. The average Bonchev–Trinajstić information content (AvgIpc) is 2.64. The first kappa shape index (κ1) is 13.0. The van der Waals surface area contributed by atoms with Crippen molar-refractivity contribution in [2.45, 2.75) is 38.6 Å². The molecule has 96 valence electrons. The molecule has 0 spiro atoms. The topological polar surface area (TPSA) is 27.0 Å². The van der Waals surface area contributed by atoms with Crippen molar-refractivity contribution in [2.75, 3.05) is 13.1 Å². The summed E-state index contributed by atoms with van der Waals surface area (Å²) in [5.41, 5.74) is 1.41. The number of nitriles is 1. The Hall–Kier alpha value is -1.40. The largest absolute Gasteiger partial charge is 0.284 e. The van der Waals surface area contributed by atoms with Gasteiger partial charge in [-0.3, -0.25) is 4.90 Å². The second kappa shape index (κ2) is 5.97. The van der Waals surface area contributed by atoms with Crippen molar-refractivity contribution in [3.8, 4) is 6.07 Å². The third-order valence-corrected chi connectivity index (χ3v) is 3.64. The molecule has 1 atom stereocenters. The first-order valence-corrected chi connectivity index (χ1v) is 6.62. The highest BCUT2D eigenvalue weighted by Crippen LogP contribution is 2.24. The molecular weight excluding hydrogens is 227 g/mol. The fraction of sp³-hybridized carbons (Fsp3) is 0.533. The van der Waals surface area contributed by atoms with Crippen LogP contribution in [0.25, 0.3) is 0 Å². The molecule has 0 saturated carbocycles. The summed E-state index contributed by atoms with van der Waals surface area (Å²) in [6.07, 6.45) is 4.73. The van der Waals surface area contributed by atoms with E-state index in [9.17, 15) is 9.65 Å². The first-order valence-electron chi connectivity index (χ1n) is 6.62. The number of halogens is 1. The lowest BCUT2D eigenvalue weighted by molar-refractivity contribution is 0.245. The lowest BCUT2D eigenvalue weighted by Gasteiger charge is -2.25. The van der Waals surface area contributed by atoms with E-state index in [0.717, 1.165) is 31.5 Å². The van der Waals surface area contributed by atoms with E-state index in [2.05, 4.69) is 11.0 Å². The molecule has 0 bridgehead atoms. The predicted octanol–water partition coefficient (Wildman–Crippen LogP) is 3.57. The molecule has 0 aromatic heterocycles. The van der Waals surface area contributed by atoms with E-state index in [0.29, 0.717) is 5.56 Å². The van der Waals surface area contributed by atoms with Crippen LogP contribution < -0.4 is 0 Å². The van der Waals surface area contributed by atoms with Crippen molar-refractivity contribution in [2.24, 2.45) is 0 Å². The van der Waals surface area contributed by atoms with E-state index in [4.69, 9.17) is 0 Å². The molecule has 1 saturated heterocycles. The van der Waals surface area contributed by atoms with Gasteiger partial charge in [-0.05, 0) is 50.0 Å². The van der Waals surface area contributed by atoms with Crippen LogP contribution in [-0.4, -0.2) is 18.0 Å². The smallest absolute Gasteiger partial charge is 0.126 e. The van der Waals surface area contributed by atoms with Crippen LogP contribution >= 0.6 is 0 Å². The van der Waals surface area contributed by atoms with Crippen molar-refractivity contribution < 1.29 is 4.39 Å². The summed E-state index contributed by atoms with van der Waals surface area (Å²) in [4.78, 5) is 2.18. The average molecular weight is 246 g/mol. The highest BCUT2D eigenvalue weighted by molar-refractivity contribution is 5.29. The Morgan fingerprint density at radius 1 is 1.22 bits per heavy atom. The number of aryl methyl sites for hydroxylation is 1. The summed E-state index contributed by atoms with van der Waals surface area (Å²) in [5, 5.41) is 9.37. The Kier molecular flexibility index (Phi) is 4.33. The van der Waals surface area contributed by atoms with Crippen molar-refractivity contribution in [3.63, 3.8) is 0 Å². The van der Waals surface area contributed by atoms with Gasteiger partial charge in [0.2, 0.25) is 0 Å². The SMILES string of the molecule is Cc1ccc(C(C#N)N2CCCCCC2)cc1F. The number of benzene rings is 1. The summed E-state index contributed by atoms with van der Waals surface area (Å²) in [6.45, 7) is 3.62. The number of nitrogens with zero attached hydrogens (tertiary/aromatic N) is 2. The van der Waals surface area contributed by atoms with Crippen LogP contribution in [0.2, 0.25) is 0 Å². The number of hydrogen-bond donors (Lipinski definition) is 0. The van der Waals surface area contributed by atoms with E-state index in [1.165, 1.54) is 18.9 Å². The molecule has 1 fully saturated rings. The Balaban J connectivity index is 2.21. The van der Waals surface area contributed by atoms with Crippen molar-refractivity contribution >= 4 is 0 Å². The van der Waals surface area contributed by atoms with Gasteiger partial charge in [-0.15, -0.1) is 0 Å². The van der Waals surface area contributed by atoms with Gasteiger partial charge in [0, 0.05) is 0 Å². The number of likely N-dealkylation sites (tertiary alicyclic amines) is 1. The van der Waals surface area contributed by atoms with E-state index in [1.54, 1.807) is 13.0 Å². The molecule has 1 unspecified atom stereocenters. The minimum Gasteiger partial charge on any atom is -0.284 e. The van der Waals surface area contributed by atoms with Gasteiger partial charge in [-0.2, -0.15) is 5.26 Å². The minimum atomic E-state index is -0.307. The standard InChI is InChI=1S/C15H19FN2/c1-12-6-7-13(10-14(12)16)15(11-17)18-8-4-2-3-5-9-18/h6-7,10,15H,2-5,8-9H2,1H3. The van der Waals surface area contributed by atoms with Gasteiger partial charge in [0.1, 0.15) is 11.9 Å². The lowest BCUT2D eigenvalue weighted by atomic mass is 10.0. The molecule has 0 radical (unpaired) electrons. The maximum absolute atomic E-state index is 13.6. The zero-order chi connectivity index (χ0) is 13.0. The molecule has 18 heavy (non-hydrogen) atoms. The van der Waals surface area contributed by atoms with E-state index < -0.39 is 0 Å². The van der Waals surface area contributed by atoms with E-state index in [1.807, 2.05) is 6.07 Å². The van der Waals surface area contributed by atoms with Crippen LogP contribution in [0.3, 0.4) is 0 Å². The molecule has 1 aliphatic rings. The molecular formula is C15H19FN2. The summed E-state index contributed by atoms with van der Waals surface area (Å²) >= 11 is 0. The predicted molar refractivity (Wildman–Crippen MR) is 69.5 cm³/mol. The van der Waals surface area contributed by atoms with Crippen molar-refractivity contribution in [1.29, 1.82) is 5.26 Å². The van der Waals surface area contributed by atoms with E-state index in [-0.39, 0.29) is 11.9 Å². The van der Waals surface area contributed by atoms with Gasteiger partial charge >= 0.3 is 0 Å². The molecule has 0 aliphatic carbocycles. The van der Waals surface area contributed by atoms with Crippen LogP contribution in [0.15, 0.2) is 18.2 Å². The molecule has 1 aliphatic heterocycles. The Bertz CT molecular complexity index is 442. The van der Waals surface area contributed by atoms with Gasteiger partial charge in [-0.25, -0.2) is 4.39 Å². The quantitative estimate of drug-likeness (QED) is 0.797. The molecule has 1 aromatic rings. The Morgan fingerprint density at radius 2 is 1.89 bits per heavy atom. The molecule has 2 rings (SSSR count). The fourth-order valence-electron chi connectivity index (χ4n) is 2.50. The van der Waals surface area contributed by atoms with Crippen LogP contribution in [0, 0.1) is 24.1 Å². The molecule has 0 N–H and O–H groups in total. The van der Waals surface area contributed by atoms with Crippen molar-refractivity contribution in [3.05, 3.63) is 35.1 Å². The van der Waals surface area contributed by atoms with E-state index >= 15 is 0 Å². The maximum Gasteiger partial charge on any atom is 0.126 e. The number of rotatable bonds is 2. The Labute approximate surface area is 108 Å². The molecule has 1 aromatic carbocycles. The maximum atomic E-state index is 13.6. The van der Waals surface area contributed by atoms with Crippen LogP contribution in [0.4, 0.5) is 4.39 Å². The third-order valence-electron chi connectivity index (χ3n) is 3.64. The van der Waals surface area contributed by atoms with Gasteiger partial charge in [0.25, 0.3) is 0 Å². The van der Waals surface area contributed by atoms with Crippen LogP contribution in [0.1, 0.15) is 42.9 Å². The summed E-state index contributed by atoms with van der Waals surface area (Å²) < 4.78 is 13.6. The highest BCUT2D eigenvalue weighted by atomic mass is 19.1. The van der Waals surface area contributed by atoms with Crippen molar-refractivity contribution in [1.82, 2.24) is 4.90 Å². The monoisotopic (exact) mass is 246 g/mol. The van der Waals surface area contributed by atoms with Crippen LogP contribution in [-0.2, 0) is 0 Å². The highest BCUT2D eigenvalue weighted by Gasteiger charge is 2.21. The molecule has 3 heteroatoms. The van der Waals surface area contributed by atoms with Gasteiger partial charge in [0.15, 0.2) is 0 Å². The first-order chi connectivity index (χ1) is 8.72. The summed E-state index contributed by atoms with van der Waals surface area (Å²) in [7, 11) is 0.